The van der Waals surface area contributed by atoms with Crippen molar-refractivity contribution in [2.45, 2.75) is 12.2 Å². The van der Waals surface area contributed by atoms with Gasteiger partial charge in [0, 0.05) is 14.7 Å². The van der Waals surface area contributed by atoms with E-state index >= 15 is 0 Å². The van der Waals surface area contributed by atoms with Gasteiger partial charge in [0.2, 0.25) is 0 Å². The Bertz CT molecular complexity index is 380. The van der Waals surface area contributed by atoms with E-state index in [0.29, 0.717) is 9.35 Å². The minimum atomic E-state index is -4.43. The van der Waals surface area contributed by atoms with Crippen LogP contribution >= 0.6 is 27.3 Å². The molecule has 0 spiro atoms. The van der Waals surface area contributed by atoms with Crippen molar-refractivity contribution in [3.63, 3.8) is 0 Å². The zero-order valence-corrected chi connectivity index (χ0v) is 10.1. The van der Waals surface area contributed by atoms with Gasteiger partial charge < -0.3 is 5.11 Å². The quantitative estimate of drug-likeness (QED) is 0.897. The van der Waals surface area contributed by atoms with Crippen molar-refractivity contribution >= 4 is 33.2 Å². The van der Waals surface area contributed by atoms with Crippen LogP contribution in [0.25, 0.3) is 0 Å². The molecule has 1 heterocycles. The Labute approximate surface area is 101 Å². The minimum Gasteiger partial charge on any atom is -0.480 e. The summed E-state index contributed by atoms with van der Waals surface area (Å²) in [6.07, 6.45) is -4.43. The van der Waals surface area contributed by atoms with Crippen molar-refractivity contribution in [3.8, 4) is 0 Å². The third-order valence-electron chi connectivity index (χ3n) is 1.63. The van der Waals surface area contributed by atoms with Gasteiger partial charge in [-0.3, -0.25) is 10.1 Å². The summed E-state index contributed by atoms with van der Waals surface area (Å²) in [7, 11) is 0. The number of nitrogens with one attached hydrogen (secondary N) is 1. The maximum absolute atomic E-state index is 11.9. The predicted octanol–water partition coefficient (Wildman–Crippen LogP) is 2.79. The van der Waals surface area contributed by atoms with Crippen molar-refractivity contribution in [2.75, 3.05) is 6.54 Å². The van der Waals surface area contributed by atoms with Crippen LogP contribution in [0, 0.1) is 0 Å². The average Bonchev–Trinajstić information content (AvgIpc) is 2.49. The molecule has 0 aliphatic carbocycles. The maximum Gasteiger partial charge on any atom is 0.401 e. The van der Waals surface area contributed by atoms with Crippen molar-refractivity contribution in [1.82, 2.24) is 5.32 Å². The molecule has 0 fully saturated rings. The van der Waals surface area contributed by atoms with Gasteiger partial charge in [0.1, 0.15) is 6.04 Å². The van der Waals surface area contributed by atoms with Gasteiger partial charge in [0.25, 0.3) is 0 Å². The molecule has 3 nitrogen and oxygen atoms in total. The van der Waals surface area contributed by atoms with Crippen LogP contribution in [0.3, 0.4) is 0 Å². The standard InChI is InChI=1S/C8H7BrF3NO2S/c9-4-1-5(16-2-4)6(7(14)15)13-3-8(10,11)12/h1-2,6,13H,3H2,(H,14,15)/t6-/m1/s1. The molecule has 0 unspecified atom stereocenters. The molecule has 1 aromatic rings. The van der Waals surface area contributed by atoms with Crippen molar-refractivity contribution in [3.05, 3.63) is 20.8 Å². The lowest BCUT2D eigenvalue weighted by Gasteiger charge is -2.14. The Morgan fingerprint density at radius 3 is 2.62 bits per heavy atom. The highest BCUT2D eigenvalue weighted by Gasteiger charge is 2.31. The average molecular weight is 318 g/mol. The lowest BCUT2D eigenvalue weighted by atomic mass is 10.2. The fourth-order valence-electron chi connectivity index (χ4n) is 1.01. The van der Waals surface area contributed by atoms with Gasteiger partial charge in [-0.2, -0.15) is 13.2 Å². The molecule has 0 saturated heterocycles. The smallest absolute Gasteiger partial charge is 0.401 e. The molecule has 0 aliphatic rings. The van der Waals surface area contributed by atoms with Gasteiger partial charge >= 0.3 is 12.1 Å². The first-order valence-electron chi connectivity index (χ1n) is 4.06. The molecule has 8 heteroatoms. The fraction of sp³-hybridized carbons (Fsp3) is 0.375. The highest BCUT2D eigenvalue weighted by molar-refractivity contribution is 9.10. The second kappa shape index (κ2) is 5.15. The van der Waals surface area contributed by atoms with E-state index in [1.807, 2.05) is 5.32 Å². The van der Waals surface area contributed by atoms with Crippen LogP contribution in [0.2, 0.25) is 0 Å². The van der Waals surface area contributed by atoms with Crippen molar-refractivity contribution in [1.29, 1.82) is 0 Å². The topological polar surface area (TPSA) is 49.3 Å². The Balaban J connectivity index is 2.73. The fourth-order valence-corrected chi connectivity index (χ4v) is 2.52. The van der Waals surface area contributed by atoms with Crippen LogP contribution in [0.15, 0.2) is 15.9 Å². The van der Waals surface area contributed by atoms with E-state index < -0.39 is 24.7 Å². The SMILES string of the molecule is O=C(O)[C@H](NCC(F)(F)F)c1cc(Br)cs1. The first-order valence-corrected chi connectivity index (χ1v) is 5.74. The second-order valence-corrected chi connectivity index (χ2v) is 4.79. The summed E-state index contributed by atoms with van der Waals surface area (Å²) in [4.78, 5) is 11.1. The van der Waals surface area contributed by atoms with E-state index in [4.69, 9.17) is 5.11 Å². The third-order valence-corrected chi connectivity index (χ3v) is 3.38. The number of hydrogen-bond donors (Lipinski definition) is 2. The number of carboxylic acids is 1. The molecule has 1 aromatic heterocycles. The maximum atomic E-state index is 11.9. The van der Waals surface area contributed by atoms with Gasteiger partial charge in [-0.15, -0.1) is 11.3 Å². The number of halogens is 4. The van der Waals surface area contributed by atoms with Gasteiger partial charge in [0.05, 0.1) is 6.54 Å². The molecular weight excluding hydrogens is 311 g/mol. The molecule has 2 N–H and O–H groups in total. The minimum absolute atomic E-state index is 0.323. The Morgan fingerprint density at radius 1 is 1.62 bits per heavy atom. The van der Waals surface area contributed by atoms with E-state index in [9.17, 15) is 18.0 Å². The predicted molar refractivity (Wildman–Crippen MR) is 56.5 cm³/mol. The molecule has 0 saturated carbocycles. The van der Waals surface area contributed by atoms with Gasteiger partial charge in [0.15, 0.2) is 0 Å². The Hall–Kier alpha value is -0.600. The molecule has 0 aromatic carbocycles. The third kappa shape index (κ3) is 4.11. The highest BCUT2D eigenvalue weighted by atomic mass is 79.9. The van der Waals surface area contributed by atoms with Crippen LogP contribution in [0.1, 0.15) is 10.9 Å². The number of carbonyl (C=O) groups is 1. The highest BCUT2D eigenvalue weighted by Crippen LogP contribution is 2.26. The van der Waals surface area contributed by atoms with Crippen molar-refractivity contribution < 1.29 is 23.1 Å². The molecule has 0 aliphatic heterocycles. The molecule has 0 amide bonds. The first kappa shape index (κ1) is 13.5. The molecular formula is C8H7BrF3NO2S. The number of aliphatic carboxylic acids is 1. The summed E-state index contributed by atoms with van der Waals surface area (Å²) in [5.74, 6) is -1.33. The number of carboxylic acid groups (broad SMARTS) is 1. The summed E-state index contributed by atoms with van der Waals surface area (Å²) >= 11 is 4.19. The number of hydrogen-bond acceptors (Lipinski definition) is 3. The lowest BCUT2D eigenvalue weighted by Crippen LogP contribution is -2.35. The molecule has 1 atom stereocenters. The van der Waals surface area contributed by atoms with Gasteiger partial charge in [-0.05, 0) is 22.0 Å². The van der Waals surface area contributed by atoms with Crippen LogP contribution in [-0.2, 0) is 4.79 Å². The summed E-state index contributed by atoms with van der Waals surface area (Å²) in [6, 6.07) is 0.144. The molecule has 1 rings (SSSR count). The molecule has 90 valence electrons. The largest absolute Gasteiger partial charge is 0.480 e. The lowest BCUT2D eigenvalue weighted by molar-refractivity contribution is -0.143. The number of alkyl halides is 3. The van der Waals surface area contributed by atoms with Crippen LogP contribution < -0.4 is 5.32 Å². The number of thiophene rings is 1. The molecule has 0 bridgehead atoms. The van der Waals surface area contributed by atoms with Gasteiger partial charge in [-0.25, -0.2) is 0 Å². The van der Waals surface area contributed by atoms with Crippen LogP contribution in [-0.4, -0.2) is 23.8 Å². The zero-order chi connectivity index (χ0) is 12.3. The van der Waals surface area contributed by atoms with E-state index in [1.54, 1.807) is 5.38 Å². The molecule has 0 radical (unpaired) electrons. The van der Waals surface area contributed by atoms with Gasteiger partial charge in [-0.1, -0.05) is 0 Å². The Morgan fingerprint density at radius 2 is 2.25 bits per heavy atom. The molecule has 16 heavy (non-hydrogen) atoms. The second-order valence-electron chi connectivity index (χ2n) is 2.93. The first-order chi connectivity index (χ1) is 7.29. The summed E-state index contributed by atoms with van der Waals surface area (Å²) in [6.45, 7) is -1.33. The monoisotopic (exact) mass is 317 g/mol. The zero-order valence-electron chi connectivity index (χ0n) is 7.71. The van der Waals surface area contributed by atoms with Crippen LogP contribution in [0.4, 0.5) is 13.2 Å². The van der Waals surface area contributed by atoms with E-state index in [0.717, 1.165) is 11.3 Å². The summed E-state index contributed by atoms with van der Waals surface area (Å²) < 4.78 is 36.5. The Kier molecular flexibility index (Phi) is 4.34. The van der Waals surface area contributed by atoms with E-state index in [1.165, 1.54) is 6.07 Å². The normalized spacial score (nSPS) is 13.8. The van der Waals surface area contributed by atoms with E-state index in [-0.39, 0.29) is 0 Å². The van der Waals surface area contributed by atoms with E-state index in [2.05, 4.69) is 15.9 Å². The summed E-state index contributed by atoms with van der Waals surface area (Å²) in [5.41, 5.74) is 0. The number of rotatable bonds is 4. The summed E-state index contributed by atoms with van der Waals surface area (Å²) in [5, 5.41) is 12.4. The van der Waals surface area contributed by atoms with Crippen molar-refractivity contribution in [2.24, 2.45) is 0 Å². The van der Waals surface area contributed by atoms with Crippen LogP contribution in [0.5, 0.6) is 0 Å².